The molecule has 101 heavy (non-hydrogen) atoms. The van der Waals surface area contributed by atoms with Crippen LogP contribution in [0, 0.1) is 0 Å². The topological polar surface area (TPSA) is 134 Å². The Kier molecular flexibility index (Phi) is 84.2. The third-order valence-electron chi connectivity index (χ3n) is 20.1. The van der Waals surface area contributed by atoms with E-state index in [0.29, 0.717) is 6.42 Å². The first-order valence-electron chi connectivity index (χ1n) is 44.4. The van der Waals surface area contributed by atoms with Crippen molar-refractivity contribution < 1.29 is 37.6 Å². The number of nitrogens with two attached hydrogens (primary N) is 1. The van der Waals surface area contributed by atoms with Crippen LogP contribution in [0.5, 0.6) is 0 Å². The first-order valence-corrected chi connectivity index (χ1v) is 45.9. The Balaban J connectivity index is 3.70. The number of esters is 2. The fourth-order valence-corrected chi connectivity index (χ4v) is 14.3. The summed E-state index contributed by atoms with van der Waals surface area (Å²) in [7, 11) is -4.40. The molecule has 0 bridgehead atoms. The van der Waals surface area contributed by atoms with Gasteiger partial charge in [-0.25, -0.2) is 4.57 Å². The maximum atomic E-state index is 12.8. The summed E-state index contributed by atoms with van der Waals surface area (Å²) in [6, 6.07) is 0. The van der Waals surface area contributed by atoms with E-state index in [0.717, 1.165) is 64.2 Å². The van der Waals surface area contributed by atoms with Crippen LogP contribution in [0.15, 0.2) is 72.9 Å². The lowest BCUT2D eigenvalue weighted by atomic mass is 10.0. The predicted octanol–water partition coefficient (Wildman–Crippen LogP) is 30.2. The van der Waals surface area contributed by atoms with Crippen molar-refractivity contribution in [3.63, 3.8) is 0 Å². The van der Waals surface area contributed by atoms with Crippen LogP contribution in [0.2, 0.25) is 0 Å². The summed E-state index contributed by atoms with van der Waals surface area (Å²) in [6.45, 7) is 3.70. The number of phosphoric acid groups is 1. The molecular formula is C91H170NO8P. The highest BCUT2D eigenvalue weighted by molar-refractivity contribution is 7.47. The van der Waals surface area contributed by atoms with Gasteiger partial charge < -0.3 is 20.1 Å². The van der Waals surface area contributed by atoms with Gasteiger partial charge in [0.2, 0.25) is 0 Å². The van der Waals surface area contributed by atoms with Crippen molar-refractivity contribution in [1.82, 2.24) is 0 Å². The van der Waals surface area contributed by atoms with E-state index in [1.165, 1.54) is 366 Å². The quantitative estimate of drug-likeness (QED) is 0.0264. The van der Waals surface area contributed by atoms with Gasteiger partial charge in [-0.1, -0.05) is 440 Å². The van der Waals surface area contributed by atoms with Gasteiger partial charge in [-0.05, 0) is 83.5 Å². The zero-order valence-corrected chi connectivity index (χ0v) is 68.1. The number of carbonyl (C=O) groups is 2. The molecule has 0 aromatic rings. The zero-order valence-electron chi connectivity index (χ0n) is 67.2. The normalized spacial score (nSPS) is 13.1. The van der Waals surface area contributed by atoms with E-state index >= 15 is 0 Å². The summed E-state index contributed by atoms with van der Waals surface area (Å²) in [4.78, 5) is 35.5. The molecular weight excluding hydrogens is 1270 g/mol. The third-order valence-corrected chi connectivity index (χ3v) is 21.1. The highest BCUT2D eigenvalue weighted by atomic mass is 31.2. The maximum Gasteiger partial charge on any atom is 0.472 e. The van der Waals surface area contributed by atoms with Crippen LogP contribution in [-0.4, -0.2) is 49.3 Å². The second-order valence-electron chi connectivity index (χ2n) is 30.1. The Labute approximate surface area is 628 Å². The van der Waals surface area contributed by atoms with Crippen molar-refractivity contribution in [2.45, 2.75) is 469 Å². The third kappa shape index (κ3) is 86.3. The smallest absolute Gasteiger partial charge is 0.462 e. The fraction of sp³-hybridized carbons (Fsp3) is 0.846. The standard InChI is InChI=1S/C91H170NO8P/c1-3-5-7-9-11-13-15-17-19-21-23-25-27-29-31-33-35-37-39-41-43-44-46-47-49-51-53-55-57-59-61-63-65-67-69-71-73-75-77-79-81-83-90(93)97-87-89(88-99-101(95,96)98-86-85-92)100-91(94)84-82-80-78-76-74-72-70-68-66-64-62-60-58-56-54-52-50-48-45-42-40-38-36-34-32-30-28-26-24-22-20-18-16-14-12-10-8-6-4-2/h6,8,12,14-15,17-18,20-21,23-24,26,89H,3-5,7,9-11,13,16,19,22,25,27-88,92H2,1-2H3,(H,95,96)/b8-6-,14-12-,17-15-,20-18-,23-21-,26-24-. The molecule has 0 spiro atoms. The van der Waals surface area contributed by atoms with Crippen molar-refractivity contribution in [2.75, 3.05) is 26.4 Å². The number of hydrogen-bond acceptors (Lipinski definition) is 8. The summed E-state index contributed by atoms with van der Waals surface area (Å²) in [5.74, 6) is -0.800. The van der Waals surface area contributed by atoms with Crippen molar-refractivity contribution in [3.05, 3.63) is 72.9 Å². The lowest BCUT2D eigenvalue weighted by Crippen LogP contribution is -2.29. The molecule has 0 fully saturated rings. The molecule has 3 N–H and O–H groups in total. The molecule has 0 aliphatic carbocycles. The highest BCUT2D eigenvalue weighted by Gasteiger charge is 2.26. The molecule has 592 valence electrons. The number of unbranched alkanes of at least 4 members (excludes halogenated alkanes) is 60. The molecule has 0 saturated carbocycles. The van der Waals surface area contributed by atoms with E-state index in [4.69, 9.17) is 24.3 Å². The number of rotatable bonds is 85. The van der Waals surface area contributed by atoms with Gasteiger partial charge in [0.1, 0.15) is 6.61 Å². The molecule has 9 nitrogen and oxygen atoms in total. The maximum absolute atomic E-state index is 12.8. The van der Waals surface area contributed by atoms with Gasteiger partial charge in [-0.3, -0.25) is 18.6 Å². The van der Waals surface area contributed by atoms with Crippen molar-refractivity contribution >= 4 is 19.8 Å². The van der Waals surface area contributed by atoms with Gasteiger partial charge in [0.25, 0.3) is 0 Å². The zero-order chi connectivity index (χ0) is 72.9. The Morgan fingerprint density at radius 2 is 0.545 bits per heavy atom. The Morgan fingerprint density at radius 3 is 0.812 bits per heavy atom. The molecule has 0 rings (SSSR count). The Morgan fingerprint density at radius 1 is 0.307 bits per heavy atom. The van der Waals surface area contributed by atoms with Gasteiger partial charge in [0.05, 0.1) is 13.2 Å². The molecule has 0 aliphatic heterocycles. The van der Waals surface area contributed by atoms with Crippen molar-refractivity contribution in [3.8, 4) is 0 Å². The summed E-state index contributed by atoms with van der Waals surface area (Å²) < 4.78 is 33.3. The molecule has 2 unspecified atom stereocenters. The van der Waals surface area contributed by atoms with Crippen molar-refractivity contribution in [2.24, 2.45) is 5.73 Å². The fourth-order valence-electron chi connectivity index (χ4n) is 13.6. The molecule has 0 aromatic carbocycles. The monoisotopic (exact) mass is 1440 g/mol. The average molecular weight is 1440 g/mol. The molecule has 0 radical (unpaired) electrons. The van der Waals surface area contributed by atoms with E-state index in [2.05, 4.69) is 86.8 Å². The second-order valence-corrected chi connectivity index (χ2v) is 31.5. The van der Waals surface area contributed by atoms with E-state index in [-0.39, 0.29) is 38.6 Å². The number of carbonyl (C=O) groups excluding carboxylic acids is 2. The minimum absolute atomic E-state index is 0.0558. The van der Waals surface area contributed by atoms with Crippen LogP contribution in [-0.2, 0) is 32.7 Å². The van der Waals surface area contributed by atoms with Crippen LogP contribution in [0.25, 0.3) is 0 Å². The number of phosphoric ester groups is 1. The first-order chi connectivity index (χ1) is 49.8. The molecule has 10 heteroatoms. The van der Waals surface area contributed by atoms with Crippen LogP contribution >= 0.6 is 7.82 Å². The minimum atomic E-state index is -4.40. The number of hydrogen-bond donors (Lipinski definition) is 2. The van der Waals surface area contributed by atoms with Crippen LogP contribution < -0.4 is 5.73 Å². The second kappa shape index (κ2) is 86.4. The predicted molar refractivity (Wildman–Crippen MR) is 441 cm³/mol. The molecule has 0 amide bonds. The van der Waals surface area contributed by atoms with Gasteiger partial charge in [0.15, 0.2) is 6.10 Å². The molecule has 0 saturated heterocycles. The summed E-state index contributed by atoms with van der Waals surface area (Å²) in [6.07, 6.45) is 117. The summed E-state index contributed by atoms with van der Waals surface area (Å²) in [5, 5.41) is 0. The van der Waals surface area contributed by atoms with E-state index < -0.39 is 26.5 Å². The highest BCUT2D eigenvalue weighted by Crippen LogP contribution is 2.43. The first kappa shape index (κ1) is 98.5. The molecule has 0 aromatic heterocycles. The van der Waals surface area contributed by atoms with Crippen LogP contribution in [0.1, 0.15) is 463 Å². The van der Waals surface area contributed by atoms with Gasteiger partial charge in [-0.15, -0.1) is 0 Å². The average Bonchev–Trinajstić information content (AvgIpc) is 1.01. The molecule has 0 heterocycles. The van der Waals surface area contributed by atoms with Crippen LogP contribution in [0.3, 0.4) is 0 Å². The van der Waals surface area contributed by atoms with E-state index in [9.17, 15) is 19.0 Å². The summed E-state index contributed by atoms with van der Waals surface area (Å²) in [5.41, 5.74) is 5.43. The van der Waals surface area contributed by atoms with Gasteiger partial charge in [-0.2, -0.15) is 0 Å². The van der Waals surface area contributed by atoms with E-state index in [1.54, 1.807) is 0 Å². The Bertz CT molecular complexity index is 1890. The van der Waals surface area contributed by atoms with Crippen molar-refractivity contribution in [1.29, 1.82) is 0 Å². The lowest BCUT2D eigenvalue weighted by molar-refractivity contribution is -0.161. The lowest BCUT2D eigenvalue weighted by Gasteiger charge is -2.19. The van der Waals surface area contributed by atoms with Crippen LogP contribution in [0.4, 0.5) is 0 Å². The molecule has 0 aliphatic rings. The van der Waals surface area contributed by atoms with Gasteiger partial charge >= 0.3 is 19.8 Å². The number of allylic oxidation sites excluding steroid dienone is 12. The van der Waals surface area contributed by atoms with Gasteiger partial charge in [0, 0.05) is 19.4 Å². The largest absolute Gasteiger partial charge is 0.472 e. The summed E-state index contributed by atoms with van der Waals surface area (Å²) >= 11 is 0. The SMILES string of the molecule is CC/C=C\C/C=C\C/C=C\C/C=C\CCCCCCCCCCCCCCCCCCCCCCCCCCCCC(=O)OC(COC(=O)CCCCCCCCCCCCCCCCCCCCCCCCCCCCCCC/C=C\C/C=C\CCCCCCC)COP(=O)(O)OCCN. The minimum Gasteiger partial charge on any atom is -0.462 e. The number of ether oxygens (including phenoxy) is 2. The van der Waals surface area contributed by atoms with E-state index in [1.807, 2.05) is 0 Å². The molecule has 2 atom stereocenters. The Hall–Kier alpha value is -2.55.